The van der Waals surface area contributed by atoms with Gasteiger partial charge in [-0.15, -0.1) is 0 Å². The molecule has 0 spiro atoms. The van der Waals surface area contributed by atoms with Gasteiger partial charge in [0.15, 0.2) is 0 Å². The third-order valence-corrected chi connectivity index (χ3v) is 3.14. The first-order chi connectivity index (χ1) is 8.82. The smallest absolute Gasteiger partial charge is 0.240 e. The first kappa shape index (κ1) is 15.4. The van der Waals surface area contributed by atoms with E-state index in [4.69, 9.17) is 11.5 Å². The number of carbonyl (C=O) groups excluding carboxylic acids is 3. The van der Waals surface area contributed by atoms with Crippen molar-refractivity contribution >= 4 is 17.7 Å². The molecule has 1 fully saturated rings. The summed E-state index contributed by atoms with van der Waals surface area (Å²) in [6.45, 7) is 5.61. The molecule has 19 heavy (non-hydrogen) atoms. The Kier molecular flexibility index (Phi) is 5.29. The van der Waals surface area contributed by atoms with Crippen LogP contribution in [0.4, 0.5) is 0 Å². The summed E-state index contributed by atoms with van der Waals surface area (Å²) in [7, 11) is 0. The molecule has 7 nitrogen and oxygen atoms in total. The molecule has 0 saturated carbocycles. The Morgan fingerprint density at radius 2 is 1.42 bits per heavy atom. The number of carbonyl (C=O) groups is 3. The van der Waals surface area contributed by atoms with E-state index in [-0.39, 0.29) is 24.2 Å². The zero-order valence-corrected chi connectivity index (χ0v) is 11.5. The Hall–Kier alpha value is -1.63. The number of hydrogen-bond donors (Lipinski definition) is 2. The fourth-order valence-corrected chi connectivity index (χ4v) is 2.05. The van der Waals surface area contributed by atoms with Crippen LogP contribution in [0.3, 0.4) is 0 Å². The standard InChI is InChI=1S/C12H22N4O3/c1-8(2)11(18)15-3-5-16(6-4-15)12(19)9(13)7-10(14)17/h8-9H,3-7,13H2,1-2H3,(H2,14,17). The van der Waals surface area contributed by atoms with E-state index in [1.807, 2.05) is 13.8 Å². The summed E-state index contributed by atoms with van der Waals surface area (Å²) < 4.78 is 0. The van der Waals surface area contributed by atoms with Gasteiger partial charge in [0.1, 0.15) is 0 Å². The summed E-state index contributed by atoms with van der Waals surface area (Å²) in [6.07, 6.45) is -0.149. The van der Waals surface area contributed by atoms with Crippen LogP contribution in [0.25, 0.3) is 0 Å². The monoisotopic (exact) mass is 270 g/mol. The lowest BCUT2D eigenvalue weighted by atomic mass is 10.1. The lowest BCUT2D eigenvalue weighted by Gasteiger charge is -2.36. The molecule has 1 rings (SSSR count). The van der Waals surface area contributed by atoms with E-state index in [0.29, 0.717) is 26.2 Å². The van der Waals surface area contributed by atoms with Crippen LogP contribution in [0.1, 0.15) is 20.3 Å². The number of amides is 3. The molecule has 0 aromatic rings. The maximum absolute atomic E-state index is 11.9. The predicted octanol–water partition coefficient (Wildman–Crippen LogP) is -1.48. The SMILES string of the molecule is CC(C)C(=O)N1CCN(C(=O)C(N)CC(N)=O)CC1. The maximum atomic E-state index is 11.9. The van der Waals surface area contributed by atoms with Crippen molar-refractivity contribution in [1.82, 2.24) is 9.80 Å². The van der Waals surface area contributed by atoms with Crippen LogP contribution >= 0.6 is 0 Å². The molecule has 1 aliphatic rings. The Bertz CT molecular complexity index is 362. The van der Waals surface area contributed by atoms with Crippen LogP contribution in [-0.2, 0) is 14.4 Å². The van der Waals surface area contributed by atoms with Crippen LogP contribution in [0.2, 0.25) is 0 Å². The summed E-state index contributed by atoms with van der Waals surface area (Å²) in [6, 6.07) is -0.884. The normalized spacial score (nSPS) is 17.5. The molecule has 108 valence electrons. The van der Waals surface area contributed by atoms with Gasteiger partial charge in [0.05, 0.1) is 12.5 Å². The lowest BCUT2D eigenvalue weighted by Crippen LogP contribution is -2.55. The third kappa shape index (κ3) is 4.20. The highest BCUT2D eigenvalue weighted by Crippen LogP contribution is 2.08. The predicted molar refractivity (Wildman–Crippen MR) is 69.8 cm³/mol. The van der Waals surface area contributed by atoms with Gasteiger partial charge in [-0.2, -0.15) is 0 Å². The zero-order valence-electron chi connectivity index (χ0n) is 11.5. The van der Waals surface area contributed by atoms with Crippen LogP contribution in [0.5, 0.6) is 0 Å². The van der Waals surface area contributed by atoms with Gasteiger partial charge in [-0.05, 0) is 0 Å². The van der Waals surface area contributed by atoms with Gasteiger partial charge in [-0.1, -0.05) is 13.8 Å². The second-order valence-electron chi connectivity index (χ2n) is 5.08. The van der Waals surface area contributed by atoms with E-state index < -0.39 is 11.9 Å². The Labute approximate surface area is 112 Å². The van der Waals surface area contributed by atoms with Crippen LogP contribution < -0.4 is 11.5 Å². The second-order valence-corrected chi connectivity index (χ2v) is 5.08. The van der Waals surface area contributed by atoms with Crippen LogP contribution in [-0.4, -0.2) is 59.7 Å². The third-order valence-electron chi connectivity index (χ3n) is 3.14. The summed E-state index contributed by atoms with van der Waals surface area (Å²) in [5, 5.41) is 0. The van der Waals surface area contributed by atoms with Crippen LogP contribution in [0.15, 0.2) is 0 Å². The van der Waals surface area contributed by atoms with E-state index in [2.05, 4.69) is 0 Å². The molecular weight excluding hydrogens is 248 g/mol. The van der Waals surface area contributed by atoms with Gasteiger partial charge >= 0.3 is 0 Å². The number of primary amides is 1. The van der Waals surface area contributed by atoms with E-state index >= 15 is 0 Å². The zero-order chi connectivity index (χ0) is 14.6. The molecular formula is C12H22N4O3. The fraction of sp³-hybridized carbons (Fsp3) is 0.750. The van der Waals surface area contributed by atoms with E-state index in [0.717, 1.165) is 0 Å². The van der Waals surface area contributed by atoms with E-state index in [9.17, 15) is 14.4 Å². The number of hydrogen-bond acceptors (Lipinski definition) is 4. The highest BCUT2D eigenvalue weighted by molar-refractivity contribution is 5.87. The number of piperazine rings is 1. The highest BCUT2D eigenvalue weighted by atomic mass is 16.2. The largest absolute Gasteiger partial charge is 0.370 e. The van der Waals surface area contributed by atoms with Crippen molar-refractivity contribution in [1.29, 1.82) is 0 Å². The van der Waals surface area contributed by atoms with Crippen molar-refractivity contribution in [3.05, 3.63) is 0 Å². The van der Waals surface area contributed by atoms with Gasteiger partial charge < -0.3 is 21.3 Å². The molecule has 0 radical (unpaired) electrons. The summed E-state index contributed by atoms with van der Waals surface area (Å²) in [5.74, 6) is -0.821. The average Bonchev–Trinajstić information content (AvgIpc) is 2.36. The van der Waals surface area contributed by atoms with Crippen molar-refractivity contribution in [2.24, 2.45) is 17.4 Å². The van der Waals surface area contributed by atoms with E-state index in [1.54, 1.807) is 9.80 Å². The first-order valence-electron chi connectivity index (χ1n) is 6.44. The van der Waals surface area contributed by atoms with Crippen molar-refractivity contribution in [3.63, 3.8) is 0 Å². The van der Waals surface area contributed by atoms with E-state index in [1.165, 1.54) is 0 Å². The Balaban J connectivity index is 2.47. The minimum atomic E-state index is -0.884. The van der Waals surface area contributed by atoms with Crippen molar-refractivity contribution in [3.8, 4) is 0 Å². The average molecular weight is 270 g/mol. The summed E-state index contributed by atoms with van der Waals surface area (Å²) in [5.41, 5.74) is 10.6. The minimum absolute atomic E-state index is 0.0422. The number of nitrogens with two attached hydrogens (primary N) is 2. The molecule has 1 unspecified atom stereocenters. The molecule has 0 aromatic heterocycles. The molecule has 1 saturated heterocycles. The van der Waals surface area contributed by atoms with Gasteiger partial charge in [0.25, 0.3) is 0 Å². The quantitative estimate of drug-likeness (QED) is 0.649. The molecule has 0 aromatic carbocycles. The maximum Gasteiger partial charge on any atom is 0.240 e. The molecule has 0 bridgehead atoms. The molecule has 3 amide bonds. The highest BCUT2D eigenvalue weighted by Gasteiger charge is 2.28. The Morgan fingerprint density at radius 1 is 1.00 bits per heavy atom. The first-order valence-corrected chi connectivity index (χ1v) is 6.44. The minimum Gasteiger partial charge on any atom is -0.370 e. The molecule has 0 aliphatic carbocycles. The molecule has 1 heterocycles. The summed E-state index contributed by atoms with van der Waals surface area (Å²) in [4.78, 5) is 37.8. The molecule has 4 N–H and O–H groups in total. The van der Waals surface area contributed by atoms with Crippen molar-refractivity contribution < 1.29 is 14.4 Å². The van der Waals surface area contributed by atoms with Gasteiger partial charge in [-0.25, -0.2) is 0 Å². The number of nitrogens with zero attached hydrogens (tertiary/aromatic N) is 2. The molecule has 1 aliphatic heterocycles. The van der Waals surface area contributed by atoms with Gasteiger partial charge in [-0.3, -0.25) is 14.4 Å². The van der Waals surface area contributed by atoms with Gasteiger partial charge in [0, 0.05) is 32.1 Å². The second kappa shape index (κ2) is 6.51. The van der Waals surface area contributed by atoms with Crippen LogP contribution in [0, 0.1) is 5.92 Å². The number of rotatable bonds is 4. The molecule has 1 atom stereocenters. The van der Waals surface area contributed by atoms with Gasteiger partial charge in [0.2, 0.25) is 17.7 Å². The fourth-order valence-electron chi connectivity index (χ4n) is 2.05. The summed E-state index contributed by atoms with van der Waals surface area (Å²) >= 11 is 0. The molecule has 7 heteroatoms. The Morgan fingerprint density at radius 3 is 1.79 bits per heavy atom. The topological polar surface area (TPSA) is 110 Å². The lowest BCUT2D eigenvalue weighted by molar-refractivity contribution is -0.142. The van der Waals surface area contributed by atoms with Crippen molar-refractivity contribution in [2.75, 3.05) is 26.2 Å². The van der Waals surface area contributed by atoms with Crippen molar-refractivity contribution in [2.45, 2.75) is 26.3 Å².